The highest BCUT2D eigenvalue weighted by Crippen LogP contribution is 2.28. The topological polar surface area (TPSA) is 79.7 Å². The van der Waals surface area contributed by atoms with Gasteiger partial charge in [-0.25, -0.2) is 8.42 Å². The monoisotopic (exact) mass is 451 g/mol. The van der Waals surface area contributed by atoms with Crippen molar-refractivity contribution in [2.24, 2.45) is 0 Å². The maximum Gasteiger partial charge on any atom is 0.245 e. The lowest BCUT2D eigenvalue weighted by atomic mass is 9.91. The van der Waals surface area contributed by atoms with Crippen LogP contribution in [-0.2, 0) is 10.0 Å². The van der Waals surface area contributed by atoms with Gasteiger partial charge in [-0.1, -0.05) is 30.7 Å². The van der Waals surface area contributed by atoms with E-state index in [-0.39, 0.29) is 6.29 Å². The predicted molar refractivity (Wildman–Crippen MR) is 123 cm³/mol. The second kappa shape index (κ2) is 8.93. The lowest BCUT2D eigenvalue weighted by molar-refractivity contribution is 0.0170. The van der Waals surface area contributed by atoms with Crippen molar-refractivity contribution in [3.8, 4) is 17.2 Å². The lowest BCUT2D eigenvalue weighted by Crippen LogP contribution is -2.60. The van der Waals surface area contributed by atoms with Crippen LogP contribution in [0.3, 0.4) is 0 Å². The summed E-state index contributed by atoms with van der Waals surface area (Å²) in [6.07, 6.45) is 3.67. The van der Waals surface area contributed by atoms with Gasteiger partial charge in [-0.05, 0) is 48.2 Å². The SMILES string of the molecule is N#Cc1ccc(-c2ccc(S(=O)(=O)N3CCNC3N3CCN(C4CCC4)CC3)cc2)cc1. The summed E-state index contributed by atoms with van der Waals surface area (Å²) in [7, 11) is -3.60. The molecule has 1 saturated carbocycles. The smallest absolute Gasteiger partial charge is 0.245 e. The molecule has 0 bridgehead atoms. The summed E-state index contributed by atoms with van der Waals surface area (Å²) in [6.45, 7) is 4.94. The van der Waals surface area contributed by atoms with Crippen LogP contribution in [0.5, 0.6) is 0 Å². The Morgan fingerprint density at radius 3 is 2.00 bits per heavy atom. The molecular formula is C24H29N5O2S. The molecule has 1 unspecified atom stereocenters. The van der Waals surface area contributed by atoms with Crippen molar-refractivity contribution in [2.75, 3.05) is 39.3 Å². The fourth-order valence-electron chi connectivity index (χ4n) is 4.88. The van der Waals surface area contributed by atoms with Gasteiger partial charge in [-0.15, -0.1) is 0 Å². The Kier molecular flexibility index (Phi) is 6.01. The van der Waals surface area contributed by atoms with Gasteiger partial charge in [-0.3, -0.25) is 15.1 Å². The molecule has 7 nitrogen and oxygen atoms in total. The number of piperazine rings is 1. The molecule has 5 rings (SSSR count). The summed E-state index contributed by atoms with van der Waals surface area (Å²) in [4.78, 5) is 5.15. The second-order valence-corrected chi connectivity index (χ2v) is 10.7. The largest absolute Gasteiger partial charge is 0.298 e. The Labute approximate surface area is 190 Å². The van der Waals surface area contributed by atoms with Gasteiger partial charge in [0.15, 0.2) is 0 Å². The van der Waals surface area contributed by atoms with Crippen molar-refractivity contribution in [1.29, 1.82) is 5.26 Å². The van der Waals surface area contributed by atoms with Crippen LogP contribution in [0, 0.1) is 11.3 Å². The molecule has 2 aromatic carbocycles. The molecule has 168 valence electrons. The molecule has 3 fully saturated rings. The highest BCUT2D eigenvalue weighted by molar-refractivity contribution is 7.89. The Bertz CT molecular complexity index is 1080. The number of benzene rings is 2. The van der Waals surface area contributed by atoms with Crippen molar-refractivity contribution in [2.45, 2.75) is 36.5 Å². The molecule has 0 radical (unpaired) electrons. The zero-order valence-electron chi connectivity index (χ0n) is 18.2. The zero-order chi connectivity index (χ0) is 22.1. The average Bonchev–Trinajstić information content (AvgIpc) is 3.30. The van der Waals surface area contributed by atoms with Crippen LogP contribution in [0.15, 0.2) is 53.4 Å². The maximum absolute atomic E-state index is 13.5. The van der Waals surface area contributed by atoms with Crippen LogP contribution >= 0.6 is 0 Å². The van der Waals surface area contributed by atoms with E-state index < -0.39 is 10.0 Å². The van der Waals surface area contributed by atoms with E-state index in [4.69, 9.17) is 5.26 Å². The summed E-state index contributed by atoms with van der Waals surface area (Å²) in [5, 5.41) is 12.4. The second-order valence-electron chi connectivity index (χ2n) is 8.81. The molecule has 0 aromatic heterocycles. The van der Waals surface area contributed by atoms with Gasteiger partial charge in [-0.2, -0.15) is 9.57 Å². The Balaban J connectivity index is 1.29. The third-order valence-electron chi connectivity index (χ3n) is 7.03. The molecule has 1 N–H and O–H groups in total. The standard InChI is InChI=1S/C24H29N5O2S/c25-18-19-4-6-20(7-5-19)21-8-10-23(11-9-21)32(30,31)29-13-12-26-24(29)28-16-14-27(15-17-28)22-2-1-3-22/h4-11,22,24,26H,1-3,12-17H2. The van der Waals surface area contributed by atoms with Crippen molar-refractivity contribution in [3.05, 3.63) is 54.1 Å². The summed E-state index contributed by atoms with van der Waals surface area (Å²) >= 11 is 0. The van der Waals surface area contributed by atoms with E-state index in [1.807, 2.05) is 24.3 Å². The van der Waals surface area contributed by atoms with Gasteiger partial charge in [0.1, 0.15) is 6.29 Å². The molecule has 2 aromatic rings. The molecule has 1 atom stereocenters. The van der Waals surface area contributed by atoms with Crippen LogP contribution in [0.2, 0.25) is 0 Å². The van der Waals surface area contributed by atoms with Crippen molar-refractivity contribution >= 4 is 10.0 Å². The minimum atomic E-state index is -3.60. The average molecular weight is 452 g/mol. The van der Waals surface area contributed by atoms with Crippen LogP contribution in [0.25, 0.3) is 11.1 Å². The van der Waals surface area contributed by atoms with E-state index in [1.165, 1.54) is 19.3 Å². The van der Waals surface area contributed by atoms with Gasteiger partial charge in [0, 0.05) is 45.3 Å². The van der Waals surface area contributed by atoms with Gasteiger partial charge < -0.3 is 0 Å². The number of hydrogen-bond acceptors (Lipinski definition) is 6. The molecule has 8 heteroatoms. The fraction of sp³-hybridized carbons (Fsp3) is 0.458. The minimum Gasteiger partial charge on any atom is -0.298 e. The number of hydrogen-bond donors (Lipinski definition) is 1. The highest BCUT2D eigenvalue weighted by atomic mass is 32.2. The third kappa shape index (κ3) is 4.07. The molecule has 0 spiro atoms. The molecule has 2 aliphatic heterocycles. The maximum atomic E-state index is 13.5. The van der Waals surface area contributed by atoms with Crippen molar-refractivity contribution in [1.82, 2.24) is 19.4 Å². The lowest BCUT2D eigenvalue weighted by Gasteiger charge is -2.45. The Morgan fingerprint density at radius 2 is 1.44 bits per heavy atom. The van der Waals surface area contributed by atoms with Crippen LogP contribution in [0.1, 0.15) is 24.8 Å². The van der Waals surface area contributed by atoms with Crippen LogP contribution in [0.4, 0.5) is 0 Å². The third-order valence-corrected chi connectivity index (χ3v) is 8.89. The van der Waals surface area contributed by atoms with E-state index in [0.717, 1.165) is 43.3 Å². The van der Waals surface area contributed by atoms with Crippen LogP contribution < -0.4 is 5.32 Å². The number of rotatable bonds is 5. The molecule has 2 heterocycles. The first-order valence-corrected chi connectivity index (χ1v) is 12.8. The predicted octanol–water partition coefficient (Wildman–Crippen LogP) is 2.27. The van der Waals surface area contributed by atoms with E-state index in [9.17, 15) is 8.42 Å². The summed E-state index contributed by atoms with van der Waals surface area (Å²) in [5.41, 5.74) is 2.49. The van der Waals surface area contributed by atoms with Gasteiger partial charge in [0.2, 0.25) is 10.0 Å². The highest BCUT2D eigenvalue weighted by Gasteiger charge is 2.40. The zero-order valence-corrected chi connectivity index (χ0v) is 19.0. The van der Waals surface area contributed by atoms with Crippen molar-refractivity contribution < 1.29 is 8.42 Å². The van der Waals surface area contributed by atoms with Gasteiger partial charge in [0.25, 0.3) is 0 Å². The number of nitrogens with zero attached hydrogens (tertiary/aromatic N) is 4. The number of nitriles is 1. The Hall–Kier alpha value is -2.28. The van der Waals surface area contributed by atoms with E-state index in [1.54, 1.807) is 28.6 Å². The van der Waals surface area contributed by atoms with Gasteiger partial charge in [0.05, 0.1) is 16.5 Å². The fourth-order valence-corrected chi connectivity index (χ4v) is 6.43. The van der Waals surface area contributed by atoms with Crippen molar-refractivity contribution in [3.63, 3.8) is 0 Å². The Morgan fingerprint density at radius 1 is 0.844 bits per heavy atom. The minimum absolute atomic E-state index is 0.276. The van der Waals surface area contributed by atoms with E-state index in [2.05, 4.69) is 21.2 Å². The molecule has 32 heavy (non-hydrogen) atoms. The molecular weight excluding hydrogens is 422 g/mol. The molecule has 3 aliphatic rings. The molecule has 2 saturated heterocycles. The van der Waals surface area contributed by atoms with Crippen LogP contribution in [-0.4, -0.2) is 74.1 Å². The number of sulfonamides is 1. The quantitative estimate of drug-likeness (QED) is 0.751. The normalized spacial score (nSPS) is 23.7. The van der Waals surface area contributed by atoms with Gasteiger partial charge >= 0.3 is 0 Å². The van der Waals surface area contributed by atoms with E-state index >= 15 is 0 Å². The number of nitrogens with one attached hydrogen (secondary N) is 1. The summed E-state index contributed by atoms with van der Waals surface area (Å²) in [6, 6.07) is 17.2. The first kappa shape index (κ1) is 21.6. The first-order chi connectivity index (χ1) is 15.6. The summed E-state index contributed by atoms with van der Waals surface area (Å²) in [5.74, 6) is 0. The molecule has 1 aliphatic carbocycles. The molecule has 0 amide bonds. The summed E-state index contributed by atoms with van der Waals surface area (Å²) < 4.78 is 28.5. The first-order valence-electron chi connectivity index (χ1n) is 11.4. The van der Waals surface area contributed by atoms with E-state index in [0.29, 0.717) is 23.5 Å².